The molecule has 17 heavy (non-hydrogen) atoms. The molecule has 5 nitrogen and oxygen atoms in total. The molecule has 0 radical (unpaired) electrons. The van der Waals surface area contributed by atoms with Crippen LogP contribution >= 0.6 is 0 Å². The average Bonchev–Trinajstić information content (AvgIpc) is 2.37. The summed E-state index contributed by atoms with van der Waals surface area (Å²) in [4.78, 5) is 15.4. The Morgan fingerprint density at radius 3 is 3.06 bits per heavy atom. The zero-order valence-electron chi connectivity index (χ0n) is 9.77. The van der Waals surface area contributed by atoms with Crippen LogP contribution in [-0.2, 0) is 4.79 Å². The number of pyridine rings is 1. The maximum atomic E-state index is 11.2. The number of hydrogen-bond acceptors (Lipinski definition) is 5. The fourth-order valence-corrected chi connectivity index (χ4v) is 1.72. The minimum Gasteiger partial charge on any atom is -0.481 e. The summed E-state index contributed by atoms with van der Waals surface area (Å²) >= 11 is 0. The first-order chi connectivity index (χ1) is 8.28. The molecule has 0 saturated heterocycles. The van der Waals surface area contributed by atoms with Crippen molar-refractivity contribution >= 4 is 17.3 Å². The first-order valence-electron chi connectivity index (χ1n) is 5.62. The minimum atomic E-state index is 0.260. The van der Waals surface area contributed by atoms with Gasteiger partial charge in [0.2, 0.25) is 5.88 Å². The standard InChI is InChI=1S/C12H15N3O2/c1-17-12-7-3-6-11(13-12)15-14-9-4-2-5-10(16)8-9/h3,6-7H,2,4-5,8H2,1H3,(H,13,15). The van der Waals surface area contributed by atoms with Crippen LogP contribution < -0.4 is 10.2 Å². The Labute approximate surface area is 99.9 Å². The number of hydrogen-bond donors (Lipinski definition) is 1. The molecule has 0 aliphatic heterocycles. The minimum absolute atomic E-state index is 0.260. The second kappa shape index (κ2) is 5.43. The molecule has 0 aromatic carbocycles. The molecule has 0 spiro atoms. The van der Waals surface area contributed by atoms with E-state index in [0.29, 0.717) is 24.5 Å². The van der Waals surface area contributed by atoms with E-state index in [9.17, 15) is 4.79 Å². The van der Waals surface area contributed by atoms with E-state index < -0.39 is 0 Å². The van der Waals surface area contributed by atoms with E-state index in [-0.39, 0.29) is 5.78 Å². The third-order valence-electron chi connectivity index (χ3n) is 2.58. The second-order valence-electron chi connectivity index (χ2n) is 3.92. The summed E-state index contributed by atoms with van der Waals surface area (Å²) in [6.45, 7) is 0. The van der Waals surface area contributed by atoms with Crippen LogP contribution in [-0.4, -0.2) is 23.6 Å². The van der Waals surface area contributed by atoms with E-state index >= 15 is 0 Å². The summed E-state index contributed by atoms with van der Waals surface area (Å²) in [6, 6.07) is 5.40. The smallest absolute Gasteiger partial charge is 0.214 e. The first kappa shape index (κ1) is 11.6. The maximum absolute atomic E-state index is 11.2. The summed E-state index contributed by atoms with van der Waals surface area (Å²) in [7, 11) is 1.57. The quantitative estimate of drug-likeness (QED) is 0.811. The number of methoxy groups -OCH3 is 1. The Kier molecular flexibility index (Phi) is 3.69. The molecule has 0 amide bonds. The van der Waals surface area contributed by atoms with Crippen molar-refractivity contribution in [1.29, 1.82) is 0 Å². The Balaban J connectivity index is 2.00. The molecule has 1 heterocycles. The first-order valence-corrected chi connectivity index (χ1v) is 5.62. The average molecular weight is 233 g/mol. The lowest BCUT2D eigenvalue weighted by molar-refractivity contribution is -0.118. The molecule has 1 N–H and O–H groups in total. The van der Waals surface area contributed by atoms with Crippen molar-refractivity contribution in [2.45, 2.75) is 25.7 Å². The molecule has 0 unspecified atom stereocenters. The SMILES string of the molecule is COc1cccc(NN=C2CCCC(=O)C2)n1. The number of anilines is 1. The van der Waals surface area contributed by atoms with Crippen LogP contribution in [0.2, 0.25) is 0 Å². The van der Waals surface area contributed by atoms with E-state index in [2.05, 4.69) is 15.5 Å². The Hall–Kier alpha value is -1.91. The lowest BCUT2D eigenvalue weighted by Crippen LogP contribution is -2.15. The predicted molar refractivity (Wildman–Crippen MR) is 65.3 cm³/mol. The highest BCUT2D eigenvalue weighted by Gasteiger charge is 2.14. The van der Waals surface area contributed by atoms with E-state index in [0.717, 1.165) is 18.6 Å². The molecule has 90 valence electrons. The number of aromatic nitrogens is 1. The van der Waals surface area contributed by atoms with Gasteiger partial charge in [0.05, 0.1) is 7.11 Å². The number of rotatable bonds is 3. The van der Waals surface area contributed by atoms with Gasteiger partial charge in [0.1, 0.15) is 11.6 Å². The zero-order valence-corrected chi connectivity index (χ0v) is 9.77. The molecule has 2 rings (SSSR count). The Morgan fingerprint density at radius 1 is 1.41 bits per heavy atom. The summed E-state index contributed by atoms with van der Waals surface area (Å²) in [5, 5.41) is 4.21. The van der Waals surface area contributed by atoms with Crippen molar-refractivity contribution in [2.75, 3.05) is 12.5 Å². The number of carbonyl (C=O) groups excluding carboxylic acids is 1. The van der Waals surface area contributed by atoms with Crippen LogP contribution in [0.5, 0.6) is 5.88 Å². The Morgan fingerprint density at radius 2 is 2.29 bits per heavy atom. The molecule has 0 bridgehead atoms. The molecule has 1 aliphatic carbocycles. The lowest BCUT2D eigenvalue weighted by atomic mass is 9.97. The monoisotopic (exact) mass is 233 g/mol. The number of nitrogens with zero attached hydrogens (tertiary/aromatic N) is 2. The number of Topliss-reactive ketones (excluding diaryl/α,β-unsaturated/α-hetero) is 1. The largest absolute Gasteiger partial charge is 0.481 e. The van der Waals surface area contributed by atoms with Crippen molar-refractivity contribution in [2.24, 2.45) is 5.10 Å². The second-order valence-corrected chi connectivity index (χ2v) is 3.92. The van der Waals surface area contributed by atoms with Crippen molar-refractivity contribution in [3.8, 4) is 5.88 Å². The molecule has 5 heteroatoms. The van der Waals surface area contributed by atoms with E-state index in [1.54, 1.807) is 19.2 Å². The number of ketones is 1. The fraction of sp³-hybridized carbons (Fsp3) is 0.417. The van der Waals surface area contributed by atoms with Crippen molar-refractivity contribution in [3.63, 3.8) is 0 Å². The molecule has 1 aromatic rings. The number of nitrogens with one attached hydrogen (secondary N) is 1. The highest BCUT2D eigenvalue weighted by molar-refractivity contribution is 6.04. The van der Waals surface area contributed by atoms with Gasteiger partial charge in [-0.1, -0.05) is 6.07 Å². The van der Waals surface area contributed by atoms with Crippen LogP contribution in [0.3, 0.4) is 0 Å². The highest BCUT2D eigenvalue weighted by Crippen LogP contribution is 2.14. The topological polar surface area (TPSA) is 63.6 Å². The summed E-state index contributed by atoms with van der Waals surface area (Å²) in [6.07, 6.45) is 2.90. The summed E-state index contributed by atoms with van der Waals surface area (Å²) in [5.41, 5.74) is 3.75. The van der Waals surface area contributed by atoms with Gasteiger partial charge in [-0.3, -0.25) is 10.2 Å². The molecule has 1 saturated carbocycles. The van der Waals surface area contributed by atoms with Crippen LogP contribution in [0.25, 0.3) is 0 Å². The van der Waals surface area contributed by atoms with E-state index in [4.69, 9.17) is 4.74 Å². The van der Waals surface area contributed by atoms with Gasteiger partial charge in [-0.2, -0.15) is 10.1 Å². The third-order valence-corrected chi connectivity index (χ3v) is 2.58. The van der Waals surface area contributed by atoms with Crippen molar-refractivity contribution in [3.05, 3.63) is 18.2 Å². The van der Waals surface area contributed by atoms with Crippen LogP contribution in [0, 0.1) is 0 Å². The van der Waals surface area contributed by atoms with Gasteiger partial charge >= 0.3 is 0 Å². The van der Waals surface area contributed by atoms with E-state index in [1.807, 2.05) is 6.07 Å². The van der Waals surface area contributed by atoms with Crippen LogP contribution in [0.4, 0.5) is 5.82 Å². The van der Waals surface area contributed by atoms with Gasteiger partial charge in [0, 0.05) is 24.6 Å². The summed E-state index contributed by atoms with van der Waals surface area (Å²) < 4.78 is 5.01. The number of ether oxygens (including phenoxy) is 1. The zero-order chi connectivity index (χ0) is 12.1. The van der Waals surface area contributed by atoms with E-state index in [1.165, 1.54) is 0 Å². The molecule has 1 aliphatic rings. The van der Waals surface area contributed by atoms with Gasteiger partial charge in [-0.25, -0.2) is 0 Å². The van der Waals surface area contributed by atoms with Gasteiger partial charge < -0.3 is 4.74 Å². The highest BCUT2D eigenvalue weighted by atomic mass is 16.5. The predicted octanol–water partition coefficient (Wildman–Crippen LogP) is 2.00. The normalized spacial score (nSPS) is 18.2. The van der Waals surface area contributed by atoms with Gasteiger partial charge in [-0.15, -0.1) is 0 Å². The van der Waals surface area contributed by atoms with Gasteiger partial charge in [0.25, 0.3) is 0 Å². The van der Waals surface area contributed by atoms with Crippen LogP contribution in [0.15, 0.2) is 23.3 Å². The molecular weight excluding hydrogens is 218 g/mol. The van der Waals surface area contributed by atoms with Crippen molar-refractivity contribution < 1.29 is 9.53 Å². The molecule has 1 aromatic heterocycles. The fourth-order valence-electron chi connectivity index (χ4n) is 1.72. The summed E-state index contributed by atoms with van der Waals surface area (Å²) in [5.74, 6) is 1.42. The van der Waals surface area contributed by atoms with Crippen molar-refractivity contribution in [1.82, 2.24) is 4.98 Å². The van der Waals surface area contributed by atoms with Gasteiger partial charge in [-0.05, 0) is 18.9 Å². The molecule has 1 fully saturated rings. The molecular formula is C12H15N3O2. The molecule has 0 atom stereocenters. The Bertz CT molecular complexity index is 443. The van der Waals surface area contributed by atoms with Gasteiger partial charge in [0.15, 0.2) is 0 Å². The van der Waals surface area contributed by atoms with Crippen LogP contribution in [0.1, 0.15) is 25.7 Å². The third kappa shape index (κ3) is 3.27. The maximum Gasteiger partial charge on any atom is 0.214 e. The number of hydrazone groups is 1. The lowest BCUT2D eigenvalue weighted by Gasteiger charge is -2.11. The number of carbonyl (C=O) groups is 1.